The molecular formula is C20H21N3O6. The van der Waals surface area contributed by atoms with Crippen molar-refractivity contribution in [1.29, 1.82) is 5.26 Å². The quantitative estimate of drug-likeness (QED) is 0.320. The molecule has 1 aliphatic rings. The topological polar surface area (TPSA) is 132 Å². The molecule has 0 bridgehead atoms. The van der Waals surface area contributed by atoms with Crippen LogP contribution >= 0.6 is 0 Å². The number of carbonyl (C=O) groups is 2. The number of nitro groups is 1. The van der Waals surface area contributed by atoms with Crippen LogP contribution in [0.5, 0.6) is 0 Å². The first-order valence-corrected chi connectivity index (χ1v) is 8.95. The number of hydrogen-bond donors (Lipinski definition) is 1. The summed E-state index contributed by atoms with van der Waals surface area (Å²) in [6, 6.07) is 7.62. The summed E-state index contributed by atoms with van der Waals surface area (Å²) in [7, 11) is 0. The van der Waals surface area contributed by atoms with Crippen molar-refractivity contribution in [2.24, 2.45) is 0 Å². The highest BCUT2D eigenvalue weighted by Gasteiger charge is 2.38. The molecule has 0 aliphatic carbocycles. The molecule has 1 atom stereocenters. The zero-order chi connectivity index (χ0) is 21.6. The van der Waals surface area contributed by atoms with E-state index in [0.29, 0.717) is 17.0 Å². The predicted octanol–water partition coefficient (Wildman–Crippen LogP) is 2.85. The highest BCUT2D eigenvalue weighted by Crippen LogP contribution is 2.40. The standard InChI is InChI=1S/C20H21N3O6/c1-4-28-19(24)16-12(2)22-13(3)17(20(25)29-10-6-9-21)18(16)14-7-5-8-15(11-14)23(26)27/h5,7-8,11,18,22H,4,6,10H2,1-3H3/t18-/m1/s1. The fourth-order valence-corrected chi connectivity index (χ4v) is 3.16. The summed E-state index contributed by atoms with van der Waals surface area (Å²) in [6.07, 6.45) is 0.0204. The average Bonchev–Trinajstić information content (AvgIpc) is 2.67. The Hall–Kier alpha value is -3.67. The van der Waals surface area contributed by atoms with E-state index < -0.39 is 22.8 Å². The lowest BCUT2D eigenvalue weighted by molar-refractivity contribution is -0.384. The molecule has 1 heterocycles. The summed E-state index contributed by atoms with van der Waals surface area (Å²) < 4.78 is 10.3. The molecule has 29 heavy (non-hydrogen) atoms. The van der Waals surface area contributed by atoms with E-state index in [4.69, 9.17) is 14.7 Å². The van der Waals surface area contributed by atoms with Crippen LogP contribution < -0.4 is 5.32 Å². The van der Waals surface area contributed by atoms with Gasteiger partial charge in [0.15, 0.2) is 0 Å². The smallest absolute Gasteiger partial charge is 0.336 e. The van der Waals surface area contributed by atoms with E-state index in [1.54, 1.807) is 26.8 Å². The van der Waals surface area contributed by atoms with Crippen LogP contribution in [0.15, 0.2) is 46.8 Å². The molecule has 9 nitrogen and oxygen atoms in total. The second-order valence-corrected chi connectivity index (χ2v) is 6.25. The summed E-state index contributed by atoms with van der Waals surface area (Å²) in [5, 5.41) is 22.9. The third kappa shape index (κ3) is 4.79. The van der Waals surface area contributed by atoms with Gasteiger partial charge in [-0.05, 0) is 26.3 Å². The van der Waals surface area contributed by atoms with Crippen LogP contribution in [0.3, 0.4) is 0 Å². The van der Waals surface area contributed by atoms with Crippen molar-refractivity contribution in [3.8, 4) is 6.07 Å². The van der Waals surface area contributed by atoms with E-state index in [2.05, 4.69) is 5.32 Å². The van der Waals surface area contributed by atoms with Gasteiger partial charge < -0.3 is 14.8 Å². The van der Waals surface area contributed by atoms with E-state index in [0.717, 1.165) is 0 Å². The van der Waals surface area contributed by atoms with Crippen LogP contribution in [0.2, 0.25) is 0 Å². The largest absolute Gasteiger partial charge is 0.463 e. The molecule has 0 saturated carbocycles. The number of nitrogens with one attached hydrogen (secondary N) is 1. The first-order valence-electron chi connectivity index (χ1n) is 8.95. The average molecular weight is 399 g/mol. The van der Waals surface area contributed by atoms with Crippen LogP contribution in [0.25, 0.3) is 0 Å². The molecule has 0 spiro atoms. The maximum absolute atomic E-state index is 12.8. The van der Waals surface area contributed by atoms with Crippen molar-refractivity contribution in [2.75, 3.05) is 13.2 Å². The Balaban J connectivity index is 2.61. The van der Waals surface area contributed by atoms with Crippen molar-refractivity contribution >= 4 is 17.6 Å². The second kappa shape index (κ2) is 9.50. The molecule has 1 aromatic carbocycles. The molecule has 0 saturated heterocycles. The number of carbonyl (C=O) groups excluding carboxylic acids is 2. The van der Waals surface area contributed by atoms with Crippen LogP contribution in [0.4, 0.5) is 5.69 Å². The molecule has 2 rings (SSSR count). The van der Waals surface area contributed by atoms with Gasteiger partial charge in [-0.15, -0.1) is 0 Å². The van der Waals surface area contributed by atoms with Gasteiger partial charge in [-0.3, -0.25) is 10.1 Å². The van der Waals surface area contributed by atoms with E-state index in [-0.39, 0.29) is 36.5 Å². The van der Waals surface area contributed by atoms with Gasteiger partial charge in [0, 0.05) is 23.5 Å². The maximum atomic E-state index is 12.8. The first kappa shape index (κ1) is 21.6. The molecule has 0 unspecified atom stereocenters. The van der Waals surface area contributed by atoms with Gasteiger partial charge in [-0.1, -0.05) is 12.1 Å². The third-order valence-electron chi connectivity index (χ3n) is 4.34. The molecule has 152 valence electrons. The number of benzene rings is 1. The Bertz CT molecular complexity index is 942. The molecule has 1 aromatic rings. The van der Waals surface area contributed by atoms with Gasteiger partial charge in [0.25, 0.3) is 5.69 Å². The van der Waals surface area contributed by atoms with Gasteiger partial charge in [-0.2, -0.15) is 5.26 Å². The minimum atomic E-state index is -0.912. The number of non-ortho nitro benzene ring substituents is 1. The fraction of sp³-hybridized carbons (Fsp3) is 0.350. The van der Waals surface area contributed by atoms with E-state index in [1.807, 2.05) is 6.07 Å². The summed E-state index contributed by atoms with van der Waals surface area (Å²) in [4.78, 5) is 36.1. The lowest BCUT2D eigenvalue weighted by atomic mass is 9.80. The first-order chi connectivity index (χ1) is 13.8. The number of nitro benzene ring substituents is 1. The molecule has 9 heteroatoms. The summed E-state index contributed by atoms with van der Waals surface area (Å²) >= 11 is 0. The number of dihydropyridines is 1. The monoisotopic (exact) mass is 399 g/mol. The number of nitriles is 1. The Labute approximate surface area is 167 Å². The van der Waals surface area contributed by atoms with E-state index in [1.165, 1.54) is 18.2 Å². The Morgan fingerprint density at radius 1 is 1.21 bits per heavy atom. The number of hydrogen-bond acceptors (Lipinski definition) is 8. The van der Waals surface area contributed by atoms with E-state index in [9.17, 15) is 19.7 Å². The van der Waals surface area contributed by atoms with Crippen molar-refractivity contribution in [3.05, 3.63) is 62.5 Å². The third-order valence-corrected chi connectivity index (χ3v) is 4.34. The summed E-state index contributed by atoms with van der Waals surface area (Å²) in [5.74, 6) is -2.26. The molecule has 0 fully saturated rings. The fourth-order valence-electron chi connectivity index (χ4n) is 3.16. The minimum Gasteiger partial charge on any atom is -0.463 e. The number of esters is 2. The van der Waals surface area contributed by atoms with Gasteiger partial charge in [0.1, 0.15) is 6.61 Å². The number of nitrogens with zero attached hydrogens (tertiary/aromatic N) is 2. The predicted molar refractivity (Wildman–Crippen MR) is 102 cm³/mol. The Kier molecular flexibility index (Phi) is 7.09. The van der Waals surface area contributed by atoms with Crippen LogP contribution in [0.1, 0.15) is 38.7 Å². The number of ether oxygens (including phenoxy) is 2. The number of rotatable bonds is 7. The Morgan fingerprint density at radius 3 is 2.38 bits per heavy atom. The lowest BCUT2D eigenvalue weighted by Crippen LogP contribution is -2.32. The van der Waals surface area contributed by atoms with Crippen LogP contribution in [-0.2, 0) is 19.1 Å². The lowest BCUT2D eigenvalue weighted by Gasteiger charge is -2.30. The van der Waals surface area contributed by atoms with Crippen molar-refractivity contribution in [2.45, 2.75) is 33.1 Å². The van der Waals surface area contributed by atoms with Gasteiger partial charge in [-0.25, -0.2) is 9.59 Å². The van der Waals surface area contributed by atoms with Crippen LogP contribution in [0, 0.1) is 21.4 Å². The highest BCUT2D eigenvalue weighted by atomic mass is 16.6. The van der Waals surface area contributed by atoms with Gasteiger partial charge in [0.05, 0.1) is 41.1 Å². The Morgan fingerprint density at radius 2 is 1.83 bits per heavy atom. The molecule has 1 aliphatic heterocycles. The number of allylic oxidation sites excluding steroid dienone is 2. The highest BCUT2D eigenvalue weighted by molar-refractivity contribution is 5.99. The second-order valence-electron chi connectivity index (χ2n) is 6.25. The minimum absolute atomic E-state index is 0.0204. The van der Waals surface area contributed by atoms with Crippen LogP contribution in [-0.4, -0.2) is 30.1 Å². The van der Waals surface area contributed by atoms with Gasteiger partial charge >= 0.3 is 11.9 Å². The van der Waals surface area contributed by atoms with Crippen molar-refractivity contribution in [3.63, 3.8) is 0 Å². The molecule has 0 aromatic heterocycles. The molecular weight excluding hydrogens is 378 g/mol. The molecule has 0 radical (unpaired) electrons. The normalized spacial score (nSPS) is 16.0. The zero-order valence-corrected chi connectivity index (χ0v) is 16.4. The molecule has 1 N–H and O–H groups in total. The summed E-state index contributed by atoms with van der Waals surface area (Å²) in [6.45, 7) is 4.99. The maximum Gasteiger partial charge on any atom is 0.336 e. The zero-order valence-electron chi connectivity index (χ0n) is 16.4. The molecule has 0 amide bonds. The SMILES string of the molecule is CCOC(=O)C1=C(C)NC(C)=C(C(=O)OCCC#N)[C@@H]1c1cccc([N+](=O)[O-])c1. The van der Waals surface area contributed by atoms with Crippen molar-refractivity contribution in [1.82, 2.24) is 5.32 Å². The van der Waals surface area contributed by atoms with Gasteiger partial charge in [0.2, 0.25) is 0 Å². The van der Waals surface area contributed by atoms with E-state index >= 15 is 0 Å². The summed E-state index contributed by atoms with van der Waals surface area (Å²) in [5.41, 5.74) is 1.45. The van der Waals surface area contributed by atoms with Crippen molar-refractivity contribution < 1.29 is 24.0 Å².